The normalized spacial score (nSPS) is 11.1. The molecule has 0 atom stereocenters. The third-order valence-electron chi connectivity index (χ3n) is 5.07. The molecular weight excluding hydrogens is 304 g/mol. The van der Waals surface area contributed by atoms with Gasteiger partial charge in [-0.3, -0.25) is 0 Å². The van der Waals surface area contributed by atoms with Gasteiger partial charge < -0.3 is 0 Å². The van der Waals surface area contributed by atoms with Crippen LogP contribution >= 0.6 is 0 Å². The summed E-state index contributed by atoms with van der Waals surface area (Å²) >= 11 is 0. The van der Waals surface area contributed by atoms with Gasteiger partial charge in [0.05, 0.1) is 6.54 Å². The molecule has 1 heterocycles. The Morgan fingerprint density at radius 2 is 1.40 bits per heavy atom. The quantitative estimate of drug-likeness (QED) is 0.334. The van der Waals surface area contributed by atoms with Crippen molar-refractivity contribution in [2.75, 3.05) is 0 Å². The Kier molecular flexibility index (Phi) is 9.40. The lowest BCUT2D eigenvalue weighted by Crippen LogP contribution is -2.34. The zero-order chi connectivity index (χ0) is 17.7. The summed E-state index contributed by atoms with van der Waals surface area (Å²) in [6.07, 6.45) is 17.3. The number of hydrogen-bond donors (Lipinski definition) is 1. The van der Waals surface area contributed by atoms with Crippen LogP contribution in [0.1, 0.15) is 88.2 Å². The number of aromatic nitrogens is 2. The molecule has 2 rings (SSSR count). The Morgan fingerprint density at radius 1 is 0.800 bits per heavy atom. The van der Waals surface area contributed by atoms with Crippen LogP contribution in [-0.4, -0.2) is 4.98 Å². The van der Waals surface area contributed by atoms with E-state index in [4.69, 9.17) is 0 Å². The molecule has 0 bridgehead atoms. The second-order valence-corrected chi connectivity index (χ2v) is 7.40. The van der Waals surface area contributed by atoms with E-state index < -0.39 is 0 Å². The van der Waals surface area contributed by atoms with Crippen molar-refractivity contribution in [3.8, 4) is 0 Å². The predicted molar refractivity (Wildman–Crippen MR) is 107 cm³/mol. The van der Waals surface area contributed by atoms with Crippen molar-refractivity contribution >= 4 is 0 Å². The van der Waals surface area contributed by atoms with E-state index in [1.807, 2.05) is 0 Å². The van der Waals surface area contributed by atoms with Crippen LogP contribution in [0.5, 0.6) is 0 Å². The van der Waals surface area contributed by atoms with Gasteiger partial charge in [-0.2, -0.15) is 0 Å². The molecule has 1 aromatic carbocycles. The fourth-order valence-electron chi connectivity index (χ4n) is 3.53. The SMILES string of the molecule is CCCCCCCCCCCC[n+]1cc(Cc2ccccc2)[nH]c1C. The third kappa shape index (κ3) is 7.90. The van der Waals surface area contributed by atoms with Crippen LogP contribution < -0.4 is 4.57 Å². The van der Waals surface area contributed by atoms with Gasteiger partial charge in [-0.15, -0.1) is 0 Å². The Morgan fingerprint density at radius 3 is 2.04 bits per heavy atom. The van der Waals surface area contributed by atoms with Crippen LogP contribution in [0.2, 0.25) is 0 Å². The minimum Gasteiger partial charge on any atom is -0.245 e. The van der Waals surface area contributed by atoms with Gasteiger partial charge in [0.1, 0.15) is 11.9 Å². The Bertz CT molecular complexity index is 571. The van der Waals surface area contributed by atoms with Crippen LogP contribution in [0.4, 0.5) is 0 Å². The molecule has 0 saturated heterocycles. The molecular formula is C23H37N2+. The minimum absolute atomic E-state index is 0.993. The summed E-state index contributed by atoms with van der Waals surface area (Å²) in [4.78, 5) is 3.54. The molecule has 2 aromatic rings. The summed E-state index contributed by atoms with van der Waals surface area (Å²) in [5.74, 6) is 1.28. The maximum atomic E-state index is 3.54. The molecule has 0 saturated carbocycles. The molecule has 0 fully saturated rings. The second-order valence-electron chi connectivity index (χ2n) is 7.40. The summed E-state index contributed by atoms with van der Waals surface area (Å²) in [5.41, 5.74) is 2.69. The number of unbranched alkanes of at least 4 members (excludes halogenated alkanes) is 9. The monoisotopic (exact) mass is 341 g/mol. The Hall–Kier alpha value is -1.57. The number of nitrogens with one attached hydrogen (secondary N) is 1. The number of hydrogen-bond acceptors (Lipinski definition) is 0. The molecule has 1 aromatic heterocycles. The first-order chi connectivity index (χ1) is 12.3. The van der Waals surface area contributed by atoms with Gasteiger partial charge in [0, 0.05) is 13.3 Å². The van der Waals surface area contributed by atoms with Gasteiger partial charge in [0.15, 0.2) is 0 Å². The average molecular weight is 342 g/mol. The number of aromatic amines is 1. The van der Waals surface area contributed by atoms with Gasteiger partial charge in [-0.25, -0.2) is 9.55 Å². The molecule has 0 unspecified atom stereocenters. The second kappa shape index (κ2) is 11.9. The molecule has 0 aliphatic rings. The number of imidazole rings is 1. The van der Waals surface area contributed by atoms with E-state index >= 15 is 0 Å². The topological polar surface area (TPSA) is 19.7 Å². The van der Waals surface area contributed by atoms with Gasteiger partial charge in [-0.1, -0.05) is 88.6 Å². The molecule has 25 heavy (non-hydrogen) atoms. The van der Waals surface area contributed by atoms with Crippen molar-refractivity contribution in [3.05, 3.63) is 53.6 Å². The number of benzene rings is 1. The van der Waals surface area contributed by atoms with E-state index in [0.717, 1.165) is 13.0 Å². The third-order valence-corrected chi connectivity index (χ3v) is 5.07. The molecule has 138 valence electrons. The van der Waals surface area contributed by atoms with Crippen molar-refractivity contribution in [1.82, 2.24) is 4.98 Å². The maximum Gasteiger partial charge on any atom is 0.251 e. The largest absolute Gasteiger partial charge is 0.251 e. The van der Waals surface area contributed by atoms with Crippen molar-refractivity contribution in [2.45, 2.75) is 91.0 Å². The van der Waals surface area contributed by atoms with Crippen molar-refractivity contribution in [1.29, 1.82) is 0 Å². The summed E-state index contributed by atoms with van der Waals surface area (Å²) < 4.78 is 2.39. The lowest BCUT2D eigenvalue weighted by Gasteiger charge is -2.02. The van der Waals surface area contributed by atoms with Gasteiger partial charge in [0.25, 0.3) is 5.82 Å². The fourth-order valence-corrected chi connectivity index (χ4v) is 3.53. The molecule has 2 nitrogen and oxygen atoms in total. The average Bonchev–Trinajstić information content (AvgIpc) is 2.97. The van der Waals surface area contributed by atoms with Gasteiger partial charge >= 0.3 is 0 Å². The molecule has 0 spiro atoms. The smallest absolute Gasteiger partial charge is 0.245 e. The molecule has 0 radical (unpaired) electrons. The minimum atomic E-state index is 0.993. The van der Waals surface area contributed by atoms with Crippen LogP contribution in [0, 0.1) is 6.92 Å². The van der Waals surface area contributed by atoms with E-state index in [9.17, 15) is 0 Å². The first-order valence-electron chi connectivity index (χ1n) is 10.4. The van der Waals surface area contributed by atoms with Crippen LogP contribution in [0.25, 0.3) is 0 Å². The Labute approximate surface area is 154 Å². The van der Waals surface area contributed by atoms with E-state index in [2.05, 4.69) is 59.9 Å². The van der Waals surface area contributed by atoms with Crippen molar-refractivity contribution in [2.24, 2.45) is 0 Å². The van der Waals surface area contributed by atoms with E-state index in [-0.39, 0.29) is 0 Å². The van der Waals surface area contributed by atoms with Crippen LogP contribution in [-0.2, 0) is 13.0 Å². The van der Waals surface area contributed by atoms with Gasteiger partial charge in [-0.05, 0) is 18.4 Å². The summed E-state index contributed by atoms with van der Waals surface area (Å²) in [6, 6.07) is 10.7. The summed E-state index contributed by atoms with van der Waals surface area (Å²) in [6.45, 7) is 5.62. The molecule has 1 N–H and O–H groups in total. The highest BCUT2D eigenvalue weighted by Gasteiger charge is 2.11. The predicted octanol–water partition coefficient (Wildman–Crippen LogP) is 6.12. The van der Waals surface area contributed by atoms with Crippen LogP contribution in [0.15, 0.2) is 36.5 Å². The van der Waals surface area contributed by atoms with E-state index in [1.165, 1.54) is 81.3 Å². The summed E-state index contributed by atoms with van der Waals surface area (Å²) in [5, 5.41) is 0. The fraction of sp³-hybridized carbons (Fsp3) is 0.609. The van der Waals surface area contributed by atoms with E-state index in [1.54, 1.807) is 0 Å². The van der Waals surface area contributed by atoms with E-state index in [0.29, 0.717) is 0 Å². The highest BCUT2D eigenvalue weighted by Crippen LogP contribution is 2.11. The van der Waals surface area contributed by atoms with Crippen LogP contribution in [0.3, 0.4) is 0 Å². The number of rotatable bonds is 13. The maximum absolute atomic E-state index is 3.54. The van der Waals surface area contributed by atoms with Crippen molar-refractivity contribution in [3.63, 3.8) is 0 Å². The first kappa shape index (κ1) is 19.8. The standard InChI is InChI=1S/C23H36N2/c1-3-4-5-6-7-8-9-10-11-15-18-25-20-23(24-21(25)2)19-22-16-13-12-14-17-22/h12-14,16-17,20H,3-11,15,18-19H2,1-2H3/p+1. The lowest BCUT2D eigenvalue weighted by molar-refractivity contribution is -0.702. The number of aryl methyl sites for hydroxylation is 2. The molecule has 0 amide bonds. The molecule has 2 heteroatoms. The number of H-pyrrole nitrogens is 1. The van der Waals surface area contributed by atoms with Crippen molar-refractivity contribution < 1.29 is 4.57 Å². The zero-order valence-corrected chi connectivity index (χ0v) is 16.4. The summed E-state index contributed by atoms with van der Waals surface area (Å²) in [7, 11) is 0. The van der Waals surface area contributed by atoms with Gasteiger partial charge in [0.2, 0.25) is 0 Å². The Balaban J connectivity index is 1.58. The number of nitrogens with zero attached hydrogens (tertiary/aromatic N) is 1. The highest BCUT2D eigenvalue weighted by molar-refractivity contribution is 5.19. The molecule has 0 aliphatic heterocycles. The highest BCUT2D eigenvalue weighted by atomic mass is 15.1. The molecule has 0 aliphatic carbocycles. The first-order valence-corrected chi connectivity index (χ1v) is 10.4. The zero-order valence-electron chi connectivity index (χ0n) is 16.4. The lowest BCUT2D eigenvalue weighted by atomic mass is 10.1.